The van der Waals surface area contributed by atoms with Crippen LogP contribution in [-0.2, 0) is 11.2 Å². The third-order valence-electron chi connectivity index (χ3n) is 4.44. The topological polar surface area (TPSA) is 20.3 Å². The Hall–Kier alpha value is -1.31. The van der Waals surface area contributed by atoms with Crippen LogP contribution < -0.4 is 0 Å². The molecule has 110 valence electrons. The molecule has 2 heteroatoms. The summed E-state index contributed by atoms with van der Waals surface area (Å²) in [5.41, 5.74) is 1.43. The lowest BCUT2D eigenvalue weighted by atomic mass is 9.89. The number of rotatable bonds is 5. The molecule has 1 fully saturated rings. The molecule has 1 heterocycles. The number of piperidine rings is 1. The van der Waals surface area contributed by atoms with Crippen LogP contribution in [-0.4, -0.2) is 23.9 Å². The number of hydrogen-bond donors (Lipinski definition) is 0. The summed E-state index contributed by atoms with van der Waals surface area (Å²) in [4.78, 5) is 14.4. The standard InChI is InChI=1S/C18H27NO/c1-3-7-15(2)18(20)19-12-10-17(11-13-19)14-16-8-5-4-6-9-16/h4-6,8-9,15,17H,3,7,10-14H2,1-2H3. The Labute approximate surface area is 123 Å². The predicted octanol–water partition coefficient (Wildman–Crippen LogP) is 3.90. The fourth-order valence-corrected chi connectivity index (χ4v) is 3.17. The first kappa shape index (κ1) is 15.1. The molecule has 1 amide bonds. The second-order valence-electron chi connectivity index (χ2n) is 6.15. The highest BCUT2D eigenvalue weighted by Crippen LogP contribution is 2.23. The number of amides is 1. The number of nitrogens with zero attached hydrogens (tertiary/aromatic N) is 1. The SMILES string of the molecule is CCCC(C)C(=O)N1CCC(Cc2ccccc2)CC1. The van der Waals surface area contributed by atoms with Crippen molar-refractivity contribution in [2.24, 2.45) is 11.8 Å². The minimum atomic E-state index is 0.200. The summed E-state index contributed by atoms with van der Waals surface area (Å²) >= 11 is 0. The number of likely N-dealkylation sites (tertiary alicyclic amines) is 1. The second-order valence-corrected chi connectivity index (χ2v) is 6.15. The lowest BCUT2D eigenvalue weighted by molar-refractivity contribution is -0.136. The minimum Gasteiger partial charge on any atom is -0.342 e. The normalized spacial score (nSPS) is 18.0. The summed E-state index contributed by atoms with van der Waals surface area (Å²) in [6, 6.07) is 10.7. The van der Waals surface area contributed by atoms with Gasteiger partial charge in [0.15, 0.2) is 0 Å². The molecule has 0 radical (unpaired) electrons. The summed E-state index contributed by atoms with van der Waals surface area (Å²) in [5, 5.41) is 0. The van der Waals surface area contributed by atoms with Gasteiger partial charge >= 0.3 is 0 Å². The van der Waals surface area contributed by atoms with Crippen LogP contribution in [0.1, 0.15) is 45.1 Å². The molecule has 0 spiro atoms. The first-order chi connectivity index (χ1) is 9.70. The Morgan fingerprint density at radius 3 is 2.50 bits per heavy atom. The van der Waals surface area contributed by atoms with Gasteiger partial charge in [0, 0.05) is 19.0 Å². The van der Waals surface area contributed by atoms with Crippen molar-refractivity contribution >= 4 is 5.91 Å². The summed E-state index contributed by atoms with van der Waals surface area (Å²) in [6.45, 7) is 6.12. The van der Waals surface area contributed by atoms with Gasteiger partial charge in [0.25, 0.3) is 0 Å². The molecule has 0 saturated carbocycles. The lowest BCUT2D eigenvalue weighted by Crippen LogP contribution is -2.41. The maximum Gasteiger partial charge on any atom is 0.225 e. The van der Waals surface area contributed by atoms with Gasteiger partial charge in [0.05, 0.1) is 0 Å². The largest absolute Gasteiger partial charge is 0.342 e. The first-order valence-electron chi connectivity index (χ1n) is 8.03. The molecule has 1 aliphatic rings. The van der Waals surface area contributed by atoms with E-state index < -0.39 is 0 Å². The molecule has 1 saturated heterocycles. The number of carbonyl (C=O) groups is 1. The highest BCUT2D eigenvalue weighted by molar-refractivity contribution is 5.78. The van der Waals surface area contributed by atoms with Crippen LogP contribution in [0.2, 0.25) is 0 Å². The van der Waals surface area contributed by atoms with Crippen LogP contribution in [0.4, 0.5) is 0 Å². The van der Waals surface area contributed by atoms with Crippen molar-refractivity contribution in [3.05, 3.63) is 35.9 Å². The van der Waals surface area contributed by atoms with Gasteiger partial charge in [-0.05, 0) is 37.2 Å². The van der Waals surface area contributed by atoms with E-state index in [0.717, 1.165) is 51.1 Å². The molecule has 1 unspecified atom stereocenters. The third kappa shape index (κ3) is 4.09. The van der Waals surface area contributed by atoms with Crippen LogP contribution in [0.25, 0.3) is 0 Å². The summed E-state index contributed by atoms with van der Waals surface area (Å²) < 4.78 is 0. The summed E-state index contributed by atoms with van der Waals surface area (Å²) in [6.07, 6.45) is 5.58. The molecule has 0 aromatic heterocycles. The smallest absolute Gasteiger partial charge is 0.225 e. The molecule has 1 aromatic carbocycles. The van der Waals surface area contributed by atoms with Crippen LogP contribution in [0, 0.1) is 11.8 Å². The quantitative estimate of drug-likeness (QED) is 0.796. The van der Waals surface area contributed by atoms with Crippen molar-refractivity contribution in [1.29, 1.82) is 0 Å². The monoisotopic (exact) mass is 273 g/mol. The van der Waals surface area contributed by atoms with Gasteiger partial charge in [-0.15, -0.1) is 0 Å². The van der Waals surface area contributed by atoms with Crippen molar-refractivity contribution in [3.8, 4) is 0 Å². The number of benzene rings is 1. The molecule has 20 heavy (non-hydrogen) atoms. The molecule has 0 N–H and O–H groups in total. The van der Waals surface area contributed by atoms with E-state index in [1.165, 1.54) is 5.56 Å². The molecule has 2 nitrogen and oxygen atoms in total. The molecule has 2 rings (SSSR count). The van der Waals surface area contributed by atoms with Gasteiger partial charge in [0.2, 0.25) is 5.91 Å². The zero-order valence-electron chi connectivity index (χ0n) is 12.8. The second kappa shape index (κ2) is 7.47. The van der Waals surface area contributed by atoms with Crippen molar-refractivity contribution < 1.29 is 4.79 Å². The van der Waals surface area contributed by atoms with Gasteiger partial charge in [-0.2, -0.15) is 0 Å². The van der Waals surface area contributed by atoms with Gasteiger partial charge in [-0.1, -0.05) is 50.6 Å². The predicted molar refractivity (Wildman–Crippen MR) is 83.5 cm³/mol. The van der Waals surface area contributed by atoms with Crippen molar-refractivity contribution in [2.75, 3.05) is 13.1 Å². The molecule has 0 aliphatic carbocycles. The molecular weight excluding hydrogens is 246 g/mol. The average Bonchev–Trinajstić information content (AvgIpc) is 2.48. The maximum atomic E-state index is 12.3. The van der Waals surface area contributed by atoms with Gasteiger partial charge in [-0.25, -0.2) is 0 Å². The van der Waals surface area contributed by atoms with E-state index >= 15 is 0 Å². The van der Waals surface area contributed by atoms with E-state index in [9.17, 15) is 4.79 Å². The number of carbonyl (C=O) groups excluding carboxylic acids is 1. The Kier molecular flexibility index (Phi) is 5.63. The van der Waals surface area contributed by atoms with E-state index in [2.05, 4.69) is 49.1 Å². The molecule has 1 atom stereocenters. The first-order valence-corrected chi connectivity index (χ1v) is 8.03. The average molecular weight is 273 g/mol. The van der Waals surface area contributed by atoms with E-state index in [-0.39, 0.29) is 5.92 Å². The van der Waals surface area contributed by atoms with E-state index in [0.29, 0.717) is 5.91 Å². The van der Waals surface area contributed by atoms with Crippen molar-refractivity contribution in [3.63, 3.8) is 0 Å². The molecule has 1 aliphatic heterocycles. The van der Waals surface area contributed by atoms with Crippen LogP contribution in [0.15, 0.2) is 30.3 Å². The Balaban J connectivity index is 1.79. The fourth-order valence-electron chi connectivity index (χ4n) is 3.17. The Morgan fingerprint density at radius 2 is 1.90 bits per heavy atom. The van der Waals surface area contributed by atoms with Crippen LogP contribution in [0.5, 0.6) is 0 Å². The van der Waals surface area contributed by atoms with Gasteiger partial charge < -0.3 is 4.90 Å². The fraction of sp³-hybridized carbons (Fsp3) is 0.611. The Morgan fingerprint density at radius 1 is 1.25 bits per heavy atom. The summed E-state index contributed by atoms with van der Waals surface area (Å²) in [7, 11) is 0. The van der Waals surface area contributed by atoms with Crippen LogP contribution >= 0.6 is 0 Å². The van der Waals surface area contributed by atoms with E-state index in [1.807, 2.05) is 0 Å². The third-order valence-corrected chi connectivity index (χ3v) is 4.44. The van der Waals surface area contributed by atoms with E-state index in [4.69, 9.17) is 0 Å². The maximum absolute atomic E-state index is 12.3. The van der Waals surface area contributed by atoms with Crippen molar-refractivity contribution in [2.45, 2.75) is 46.0 Å². The zero-order chi connectivity index (χ0) is 14.4. The zero-order valence-corrected chi connectivity index (χ0v) is 12.8. The number of hydrogen-bond acceptors (Lipinski definition) is 1. The summed E-state index contributed by atoms with van der Waals surface area (Å²) in [5.74, 6) is 1.30. The van der Waals surface area contributed by atoms with Gasteiger partial charge in [0.1, 0.15) is 0 Å². The van der Waals surface area contributed by atoms with Gasteiger partial charge in [-0.3, -0.25) is 4.79 Å². The van der Waals surface area contributed by atoms with Crippen LogP contribution in [0.3, 0.4) is 0 Å². The Bertz CT molecular complexity index is 407. The lowest BCUT2D eigenvalue weighted by Gasteiger charge is -2.33. The molecule has 1 aromatic rings. The molecular formula is C18H27NO. The minimum absolute atomic E-state index is 0.200. The molecule has 0 bridgehead atoms. The highest BCUT2D eigenvalue weighted by atomic mass is 16.2. The van der Waals surface area contributed by atoms with E-state index in [1.54, 1.807) is 0 Å². The van der Waals surface area contributed by atoms with Crippen molar-refractivity contribution in [1.82, 2.24) is 4.90 Å². The highest BCUT2D eigenvalue weighted by Gasteiger charge is 2.25.